The summed E-state index contributed by atoms with van der Waals surface area (Å²) in [5.41, 5.74) is 1.76. The van der Waals surface area contributed by atoms with Gasteiger partial charge in [-0.2, -0.15) is 5.26 Å². The summed E-state index contributed by atoms with van der Waals surface area (Å²) >= 11 is 0. The van der Waals surface area contributed by atoms with Crippen LogP contribution in [-0.4, -0.2) is 18.4 Å². The van der Waals surface area contributed by atoms with Crippen molar-refractivity contribution in [2.45, 2.75) is 6.92 Å². The number of rotatable bonds is 5. The fraction of sp³-hybridized carbons (Fsp3) is 0.105. The first kappa shape index (κ1) is 17.1. The first-order chi connectivity index (χ1) is 11.5. The molecule has 0 aliphatic heterocycles. The second kappa shape index (κ2) is 7.84. The molecule has 0 N–H and O–H groups in total. The number of esters is 1. The lowest BCUT2D eigenvalue weighted by atomic mass is 10.1. The van der Waals surface area contributed by atoms with Gasteiger partial charge in [-0.25, -0.2) is 9.18 Å². The third-order valence-electron chi connectivity index (χ3n) is 3.23. The number of nitriles is 1. The Balaban J connectivity index is 2.02. The van der Waals surface area contributed by atoms with Crippen LogP contribution in [0.25, 0.3) is 6.08 Å². The van der Waals surface area contributed by atoms with E-state index in [4.69, 9.17) is 10.00 Å². The summed E-state index contributed by atoms with van der Waals surface area (Å²) in [4.78, 5) is 23.8. The van der Waals surface area contributed by atoms with Crippen molar-refractivity contribution >= 4 is 17.8 Å². The molecule has 0 saturated heterocycles. The number of ketones is 1. The Morgan fingerprint density at radius 1 is 1.12 bits per heavy atom. The topological polar surface area (TPSA) is 67.2 Å². The van der Waals surface area contributed by atoms with E-state index in [1.54, 1.807) is 18.2 Å². The normalized spacial score (nSPS) is 10.8. The van der Waals surface area contributed by atoms with E-state index in [-0.39, 0.29) is 11.1 Å². The van der Waals surface area contributed by atoms with Crippen molar-refractivity contribution in [2.24, 2.45) is 0 Å². The lowest BCUT2D eigenvalue weighted by Crippen LogP contribution is -2.15. The summed E-state index contributed by atoms with van der Waals surface area (Å²) in [6.45, 7) is 1.41. The summed E-state index contributed by atoms with van der Waals surface area (Å²) in [6, 6.07) is 13.9. The van der Waals surface area contributed by atoms with Gasteiger partial charge in [0, 0.05) is 5.56 Å². The Kier molecular flexibility index (Phi) is 5.58. The lowest BCUT2D eigenvalue weighted by Gasteiger charge is -2.04. The van der Waals surface area contributed by atoms with Crippen LogP contribution in [0.5, 0.6) is 0 Å². The summed E-state index contributed by atoms with van der Waals surface area (Å²) < 4.78 is 17.7. The molecule has 24 heavy (non-hydrogen) atoms. The zero-order valence-corrected chi connectivity index (χ0v) is 13.0. The Morgan fingerprint density at radius 2 is 1.75 bits per heavy atom. The number of carbonyl (C=O) groups excluding carboxylic acids is 2. The van der Waals surface area contributed by atoms with Gasteiger partial charge in [0.2, 0.25) is 0 Å². The van der Waals surface area contributed by atoms with Crippen LogP contribution in [0, 0.1) is 24.1 Å². The molecule has 0 spiro atoms. The van der Waals surface area contributed by atoms with Gasteiger partial charge in [-0.3, -0.25) is 4.79 Å². The van der Waals surface area contributed by atoms with Crippen LogP contribution in [0.4, 0.5) is 4.39 Å². The van der Waals surface area contributed by atoms with E-state index in [0.717, 1.165) is 17.7 Å². The van der Waals surface area contributed by atoms with Crippen molar-refractivity contribution in [3.05, 3.63) is 76.6 Å². The summed E-state index contributed by atoms with van der Waals surface area (Å²) in [6.07, 6.45) is 1.39. The predicted molar refractivity (Wildman–Crippen MR) is 86.5 cm³/mol. The first-order valence-corrected chi connectivity index (χ1v) is 7.14. The van der Waals surface area contributed by atoms with E-state index in [1.165, 1.54) is 18.2 Å². The first-order valence-electron chi connectivity index (χ1n) is 7.14. The average molecular weight is 323 g/mol. The van der Waals surface area contributed by atoms with E-state index >= 15 is 0 Å². The zero-order chi connectivity index (χ0) is 17.5. The molecule has 5 heteroatoms. The molecular formula is C19H14FNO3. The molecule has 0 saturated carbocycles. The fourth-order valence-corrected chi connectivity index (χ4v) is 1.89. The number of carbonyl (C=O) groups is 2. The predicted octanol–water partition coefficient (Wildman–Crippen LogP) is 3.47. The lowest BCUT2D eigenvalue weighted by molar-refractivity contribution is -0.137. The number of Topliss-reactive ketones (excluding diaryl/α,β-unsaturated/α-hetero) is 1. The molecule has 2 rings (SSSR count). The molecule has 0 aliphatic rings. The molecule has 4 nitrogen and oxygen atoms in total. The molecule has 0 fully saturated rings. The number of hydrogen-bond acceptors (Lipinski definition) is 4. The minimum atomic E-state index is -0.881. The van der Waals surface area contributed by atoms with Crippen molar-refractivity contribution < 1.29 is 18.7 Å². The Labute approximate surface area is 138 Å². The minimum Gasteiger partial charge on any atom is -0.453 e. The van der Waals surface area contributed by atoms with Gasteiger partial charge in [0.05, 0.1) is 0 Å². The molecule has 0 aromatic heterocycles. The number of benzene rings is 2. The van der Waals surface area contributed by atoms with Crippen LogP contribution < -0.4 is 0 Å². The zero-order valence-electron chi connectivity index (χ0n) is 13.0. The Hall–Kier alpha value is -3.26. The molecule has 0 amide bonds. The van der Waals surface area contributed by atoms with Gasteiger partial charge in [0.1, 0.15) is 17.5 Å². The van der Waals surface area contributed by atoms with Gasteiger partial charge < -0.3 is 4.74 Å². The van der Waals surface area contributed by atoms with Crippen LogP contribution >= 0.6 is 0 Å². The molecule has 0 bridgehead atoms. The smallest absolute Gasteiger partial charge is 0.349 e. The number of aryl methyl sites for hydroxylation is 1. The maximum Gasteiger partial charge on any atom is 0.349 e. The van der Waals surface area contributed by atoms with E-state index < -0.39 is 24.2 Å². The number of ether oxygens (including phenoxy) is 1. The van der Waals surface area contributed by atoms with Crippen molar-refractivity contribution in [3.63, 3.8) is 0 Å². The van der Waals surface area contributed by atoms with Gasteiger partial charge in [-0.15, -0.1) is 0 Å². The van der Waals surface area contributed by atoms with Crippen molar-refractivity contribution in [1.82, 2.24) is 0 Å². The molecule has 0 radical (unpaired) electrons. The minimum absolute atomic E-state index is 0.203. The van der Waals surface area contributed by atoms with E-state index in [9.17, 15) is 14.0 Å². The summed E-state index contributed by atoms with van der Waals surface area (Å²) in [5, 5.41) is 9.08. The highest BCUT2D eigenvalue weighted by Gasteiger charge is 2.14. The third kappa shape index (κ3) is 4.62. The maximum atomic E-state index is 12.8. The monoisotopic (exact) mass is 323 g/mol. The molecule has 2 aromatic carbocycles. The van der Waals surface area contributed by atoms with Gasteiger partial charge in [-0.05, 0) is 42.8 Å². The SMILES string of the molecule is Cc1ccc(/C=C(\C#N)C(=O)OCC(=O)c2ccc(F)cc2)cc1. The highest BCUT2D eigenvalue weighted by Crippen LogP contribution is 2.10. The Morgan fingerprint density at radius 3 is 2.33 bits per heavy atom. The van der Waals surface area contributed by atoms with Gasteiger partial charge in [-0.1, -0.05) is 29.8 Å². The van der Waals surface area contributed by atoms with E-state index in [0.29, 0.717) is 5.56 Å². The van der Waals surface area contributed by atoms with Crippen LogP contribution in [0.1, 0.15) is 21.5 Å². The molecule has 0 heterocycles. The van der Waals surface area contributed by atoms with Crippen LogP contribution in [0.2, 0.25) is 0 Å². The van der Waals surface area contributed by atoms with Gasteiger partial charge in [0.25, 0.3) is 0 Å². The highest BCUT2D eigenvalue weighted by atomic mass is 19.1. The second-order valence-corrected chi connectivity index (χ2v) is 5.09. The largest absolute Gasteiger partial charge is 0.453 e. The quantitative estimate of drug-likeness (QED) is 0.366. The van der Waals surface area contributed by atoms with Crippen LogP contribution in [-0.2, 0) is 9.53 Å². The standard InChI is InChI=1S/C19H14FNO3/c1-13-2-4-14(5-3-13)10-16(11-21)19(23)24-12-18(22)15-6-8-17(20)9-7-15/h2-10H,12H2,1H3/b16-10+. The average Bonchev–Trinajstić information content (AvgIpc) is 2.59. The van der Waals surface area contributed by atoms with Crippen LogP contribution in [0.15, 0.2) is 54.1 Å². The Bertz CT molecular complexity index is 815. The van der Waals surface area contributed by atoms with Crippen molar-refractivity contribution in [2.75, 3.05) is 6.61 Å². The van der Waals surface area contributed by atoms with Crippen molar-refractivity contribution in [1.29, 1.82) is 5.26 Å². The van der Waals surface area contributed by atoms with Crippen molar-refractivity contribution in [3.8, 4) is 6.07 Å². The molecule has 0 aliphatic carbocycles. The molecule has 0 atom stereocenters. The van der Waals surface area contributed by atoms with Crippen LogP contribution in [0.3, 0.4) is 0 Å². The number of hydrogen-bond donors (Lipinski definition) is 0. The maximum absolute atomic E-state index is 12.8. The number of nitrogens with zero attached hydrogens (tertiary/aromatic N) is 1. The van der Waals surface area contributed by atoms with E-state index in [2.05, 4.69) is 0 Å². The summed E-state index contributed by atoms with van der Waals surface area (Å²) in [5.74, 6) is -1.82. The summed E-state index contributed by atoms with van der Waals surface area (Å²) in [7, 11) is 0. The molecule has 120 valence electrons. The van der Waals surface area contributed by atoms with E-state index in [1.807, 2.05) is 19.1 Å². The number of halogens is 1. The molecule has 2 aromatic rings. The second-order valence-electron chi connectivity index (χ2n) is 5.09. The molecular weight excluding hydrogens is 309 g/mol. The fourth-order valence-electron chi connectivity index (χ4n) is 1.89. The highest BCUT2D eigenvalue weighted by molar-refractivity contribution is 6.01. The van der Waals surface area contributed by atoms with Gasteiger partial charge >= 0.3 is 5.97 Å². The molecule has 0 unspecified atom stereocenters. The third-order valence-corrected chi connectivity index (χ3v) is 3.23. The van der Waals surface area contributed by atoms with Gasteiger partial charge in [0.15, 0.2) is 12.4 Å².